The number of amides is 2. The number of urea groups is 1. The molecule has 2 amide bonds. The maximum Gasteiger partial charge on any atom is 0.321 e. The Kier molecular flexibility index (Phi) is 4.14. The molecular formula is C17H18N4O2. The highest BCUT2D eigenvalue weighted by atomic mass is 16.5. The van der Waals surface area contributed by atoms with E-state index in [2.05, 4.69) is 20.8 Å². The monoisotopic (exact) mass is 310 g/mol. The van der Waals surface area contributed by atoms with Crippen LogP contribution in [0, 0.1) is 13.8 Å². The van der Waals surface area contributed by atoms with E-state index in [0.29, 0.717) is 5.69 Å². The van der Waals surface area contributed by atoms with Crippen LogP contribution in [0.3, 0.4) is 0 Å². The number of ether oxygens (including phenoxy) is 1. The van der Waals surface area contributed by atoms with Crippen molar-refractivity contribution < 1.29 is 9.53 Å². The molecule has 0 bridgehead atoms. The first-order valence-electron chi connectivity index (χ1n) is 7.30. The molecule has 0 spiro atoms. The van der Waals surface area contributed by atoms with Crippen molar-refractivity contribution in [2.75, 3.05) is 12.0 Å². The van der Waals surface area contributed by atoms with E-state index >= 15 is 0 Å². The summed E-state index contributed by atoms with van der Waals surface area (Å²) in [7, 11) is 0. The highest BCUT2D eigenvalue weighted by molar-refractivity contribution is 5.92. The van der Waals surface area contributed by atoms with Gasteiger partial charge in [0.25, 0.3) is 0 Å². The molecule has 2 aromatic carbocycles. The molecule has 0 atom stereocenters. The lowest BCUT2D eigenvalue weighted by Crippen LogP contribution is -2.32. The SMILES string of the molecule is Cc1ccc(OCNC(=O)Nc2ccc3cn[nH]c3c2)cc1C. The van der Waals surface area contributed by atoms with Crippen LogP contribution in [0.5, 0.6) is 5.75 Å². The molecule has 6 nitrogen and oxygen atoms in total. The van der Waals surface area contributed by atoms with Crippen molar-refractivity contribution in [3.05, 3.63) is 53.7 Å². The van der Waals surface area contributed by atoms with Gasteiger partial charge in [-0.25, -0.2) is 4.79 Å². The van der Waals surface area contributed by atoms with Gasteiger partial charge in [0.15, 0.2) is 6.73 Å². The minimum atomic E-state index is -0.326. The van der Waals surface area contributed by atoms with Crippen molar-refractivity contribution in [1.29, 1.82) is 0 Å². The van der Waals surface area contributed by atoms with Crippen LogP contribution in [0.25, 0.3) is 10.9 Å². The Morgan fingerprint density at radius 2 is 2.04 bits per heavy atom. The summed E-state index contributed by atoms with van der Waals surface area (Å²) in [6.45, 7) is 4.16. The second-order valence-electron chi connectivity index (χ2n) is 5.34. The zero-order chi connectivity index (χ0) is 16.2. The summed E-state index contributed by atoms with van der Waals surface area (Å²) in [6, 6.07) is 11.0. The Bertz CT molecular complexity index is 841. The van der Waals surface area contributed by atoms with E-state index in [1.165, 1.54) is 5.56 Å². The number of nitrogens with zero attached hydrogens (tertiary/aromatic N) is 1. The number of fused-ring (bicyclic) bond motifs is 1. The lowest BCUT2D eigenvalue weighted by molar-refractivity contribution is 0.234. The smallest absolute Gasteiger partial charge is 0.321 e. The van der Waals surface area contributed by atoms with Gasteiger partial charge in [0.2, 0.25) is 0 Å². The summed E-state index contributed by atoms with van der Waals surface area (Å²) in [5.74, 6) is 0.729. The fourth-order valence-electron chi connectivity index (χ4n) is 2.18. The molecule has 0 fully saturated rings. The third-order valence-electron chi connectivity index (χ3n) is 3.65. The molecule has 3 N–H and O–H groups in total. The Labute approximate surface area is 133 Å². The van der Waals surface area contributed by atoms with Crippen molar-refractivity contribution in [3.63, 3.8) is 0 Å². The number of H-pyrrole nitrogens is 1. The van der Waals surface area contributed by atoms with Crippen molar-refractivity contribution in [2.24, 2.45) is 0 Å². The number of benzene rings is 2. The maximum absolute atomic E-state index is 11.9. The zero-order valence-electron chi connectivity index (χ0n) is 13.0. The number of hydrogen-bond acceptors (Lipinski definition) is 3. The van der Waals surface area contributed by atoms with E-state index in [9.17, 15) is 4.79 Å². The fraction of sp³-hybridized carbons (Fsp3) is 0.176. The number of anilines is 1. The first kappa shape index (κ1) is 14.9. The van der Waals surface area contributed by atoms with Gasteiger partial charge in [-0.05, 0) is 55.3 Å². The summed E-state index contributed by atoms with van der Waals surface area (Å²) in [5, 5.41) is 13.2. The van der Waals surface area contributed by atoms with Crippen LogP contribution in [-0.4, -0.2) is 23.0 Å². The normalized spacial score (nSPS) is 10.5. The van der Waals surface area contributed by atoms with Gasteiger partial charge in [0, 0.05) is 11.1 Å². The van der Waals surface area contributed by atoms with E-state index in [-0.39, 0.29) is 12.8 Å². The third kappa shape index (κ3) is 3.60. The van der Waals surface area contributed by atoms with Gasteiger partial charge in [-0.3, -0.25) is 5.10 Å². The predicted molar refractivity (Wildman–Crippen MR) is 89.7 cm³/mol. The summed E-state index contributed by atoms with van der Waals surface area (Å²) >= 11 is 0. The second-order valence-corrected chi connectivity index (χ2v) is 5.34. The zero-order valence-corrected chi connectivity index (χ0v) is 13.0. The average molecular weight is 310 g/mol. The predicted octanol–water partition coefficient (Wildman–Crippen LogP) is 3.34. The van der Waals surface area contributed by atoms with Gasteiger partial charge < -0.3 is 15.4 Å². The van der Waals surface area contributed by atoms with Crippen LogP contribution in [-0.2, 0) is 0 Å². The molecular weight excluding hydrogens is 292 g/mol. The van der Waals surface area contributed by atoms with Crippen LogP contribution in [0.2, 0.25) is 0 Å². The molecule has 0 saturated carbocycles. The Hall–Kier alpha value is -3.02. The number of carbonyl (C=O) groups excluding carboxylic acids is 1. The van der Waals surface area contributed by atoms with Crippen molar-refractivity contribution in [2.45, 2.75) is 13.8 Å². The van der Waals surface area contributed by atoms with E-state index in [4.69, 9.17) is 4.74 Å². The first-order chi connectivity index (χ1) is 11.1. The minimum absolute atomic E-state index is 0.0979. The molecule has 23 heavy (non-hydrogen) atoms. The standard InChI is InChI=1S/C17H18N4O2/c1-11-3-6-15(7-12(11)2)23-10-18-17(22)20-14-5-4-13-9-19-21-16(13)8-14/h3-9H,10H2,1-2H3,(H,19,21)(H2,18,20,22). The molecule has 0 aliphatic rings. The Morgan fingerprint density at radius 1 is 1.17 bits per heavy atom. The van der Waals surface area contributed by atoms with Gasteiger partial charge in [0.05, 0.1) is 11.7 Å². The molecule has 0 unspecified atom stereocenters. The highest BCUT2D eigenvalue weighted by Crippen LogP contribution is 2.17. The highest BCUT2D eigenvalue weighted by Gasteiger charge is 2.04. The van der Waals surface area contributed by atoms with E-state index in [1.54, 1.807) is 6.20 Å². The Morgan fingerprint density at radius 3 is 2.87 bits per heavy atom. The summed E-state index contributed by atoms with van der Waals surface area (Å²) in [6.07, 6.45) is 1.73. The molecule has 3 rings (SSSR count). The molecule has 118 valence electrons. The fourth-order valence-corrected chi connectivity index (χ4v) is 2.18. The number of rotatable bonds is 4. The second kappa shape index (κ2) is 6.39. The van der Waals surface area contributed by atoms with E-state index in [0.717, 1.165) is 22.2 Å². The number of carbonyl (C=O) groups is 1. The van der Waals surface area contributed by atoms with Gasteiger partial charge in [-0.2, -0.15) is 5.10 Å². The van der Waals surface area contributed by atoms with Crippen molar-refractivity contribution in [1.82, 2.24) is 15.5 Å². The quantitative estimate of drug-likeness (QED) is 0.647. The molecule has 0 aliphatic heterocycles. The molecule has 6 heteroatoms. The number of aryl methyl sites for hydroxylation is 2. The molecule has 0 radical (unpaired) electrons. The molecule has 1 aromatic heterocycles. The Balaban J connectivity index is 1.51. The van der Waals surface area contributed by atoms with Crippen LogP contribution in [0.1, 0.15) is 11.1 Å². The molecule has 0 aliphatic carbocycles. The van der Waals surface area contributed by atoms with Gasteiger partial charge in [0.1, 0.15) is 5.75 Å². The average Bonchev–Trinajstić information content (AvgIpc) is 2.98. The van der Waals surface area contributed by atoms with Crippen LogP contribution in [0.15, 0.2) is 42.6 Å². The maximum atomic E-state index is 11.9. The number of aromatic nitrogens is 2. The summed E-state index contributed by atoms with van der Waals surface area (Å²) < 4.78 is 5.52. The third-order valence-corrected chi connectivity index (χ3v) is 3.65. The lowest BCUT2D eigenvalue weighted by Gasteiger charge is -2.10. The topological polar surface area (TPSA) is 79.0 Å². The first-order valence-corrected chi connectivity index (χ1v) is 7.30. The van der Waals surface area contributed by atoms with Crippen molar-refractivity contribution in [3.8, 4) is 5.75 Å². The number of nitrogens with one attached hydrogen (secondary N) is 3. The summed E-state index contributed by atoms with van der Waals surface area (Å²) in [4.78, 5) is 11.9. The van der Waals surface area contributed by atoms with Crippen LogP contribution >= 0.6 is 0 Å². The molecule has 0 saturated heterocycles. The van der Waals surface area contributed by atoms with Crippen LogP contribution in [0.4, 0.5) is 10.5 Å². The minimum Gasteiger partial charge on any atom is -0.473 e. The van der Waals surface area contributed by atoms with Crippen molar-refractivity contribution >= 4 is 22.6 Å². The van der Waals surface area contributed by atoms with Gasteiger partial charge in [-0.1, -0.05) is 6.07 Å². The summed E-state index contributed by atoms with van der Waals surface area (Å²) in [5.41, 5.74) is 3.91. The van der Waals surface area contributed by atoms with Crippen LogP contribution < -0.4 is 15.4 Å². The molecule has 3 aromatic rings. The largest absolute Gasteiger partial charge is 0.473 e. The lowest BCUT2D eigenvalue weighted by atomic mass is 10.1. The van der Waals surface area contributed by atoms with E-state index < -0.39 is 0 Å². The van der Waals surface area contributed by atoms with E-state index in [1.807, 2.05) is 50.2 Å². The molecule has 1 heterocycles. The van der Waals surface area contributed by atoms with Gasteiger partial charge in [-0.15, -0.1) is 0 Å². The number of hydrogen-bond donors (Lipinski definition) is 3. The van der Waals surface area contributed by atoms with Gasteiger partial charge >= 0.3 is 6.03 Å². The number of aromatic amines is 1.